The maximum absolute atomic E-state index is 12.2. The molecule has 0 bridgehead atoms. The van der Waals surface area contributed by atoms with Gasteiger partial charge in [-0.2, -0.15) is 13.2 Å². The Morgan fingerprint density at radius 1 is 1.29 bits per heavy atom. The van der Waals surface area contributed by atoms with E-state index >= 15 is 0 Å². The van der Waals surface area contributed by atoms with E-state index in [9.17, 15) is 27.6 Å². The third kappa shape index (κ3) is 3.43. The highest BCUT2D eigenvalue weighted by Gasteiger charge is 2.51. The molecule has 21 heavy (non-hydrogen) atoms. The van der Waals surface area contributed by atoms with Gasteiger partial charge in [0.2, 0.25) is 5.91 Å². The van der Waals surface area contributed by atoms with Gasteiger partial charge < -0.3 is 16.0 Å². The van der Waals surface area contributed by atoms with E-state index in [1.807, 2.05) is 0 Å². The molecule has 7 nitrogen and oxygen atoms in total. The lowest BCUT2D eigenvalue weighted by atomic mass is 9.88. The summed E-state index contributed by atoms with van der Waals surface area (Å²) >= 11 is 0. The van der Waals surface area contributed by atoms with Crippen LogP contribution in [0.15, 0.2) is 0 Å². The predicted molar refractivity (Wildman–Crippen MR) is 64.1 cm³/mol. The average Bonchev–Trinajstić information content (AvgIpc) is 2.61. The van der Waals surface area contributed by atoms with Crippen molar-refractivity contribution >= 4 is 17.8 Å². The molecule has 2 rings (SSSR count). The first-order chi connectivity index (χ1) is 9.73. The minimum Gasteiger partial charge on any atom is -0.345 e. The van der Waals surface area contributed by atoms with E-state index in [4.69, 9.17) is 0 Å². The summed E-state index contributed by atoms with van der Waals surface area (Å²) in [6.07, 6.45) is -3.76. The van der Waals surface area contributed by atoms with Crippen molar-refractivity contribution in [2.45, 2.75) is 24.6 Å². The van der Waals surface area contributed by atoms with E-state index in [0.29, 0.717) is 30.8 Å². The molecular weight excluding hydrogens is 293 g/mol. The number of nitrogens with zero attached hydrogens (tertiary/aromatic N) is 1. The molecule has 0 saturated carbocycles. The van der Waals surface area contributed by atoms with Crippen LogP contribution in [0.1, 0.15) is 12.8 Å². The predicted octanol–water partition coefficient (Wildman–Crippen LogP) is -0.661. The SMILES string of the molecule is O=C(CN1C(=O)NC2(CCNCC2)C1=O)NCC(F)(F)F. The monoisotopic (exact) mass is 308 g/mol. The minimum absolute atomic E-state index is 0.387. The summed E-state index contributed by atoms with van der Waals surface area (Å²) in [4.78, 5) is 36.1. The number of imide groups is 1. The first-order valence-corrected chi connectivity index (χ1v) is 6.42. The molecule has 0 aromatic rings. The molecule has 2 aliphatic rings. The molecule has 2 fully saturated rings. The van der Waals surface area contributed by atoms with Crippen LogP contribution < -0.4 is 16.0 Å². The Hall–Kier alpha value is -1.84. The van der Waals surface area contributed by atoms with Crippen LogP contribution in [0, 0.1) is 0 Å². The first-order valence-electron chi connectivity index (χ1n) is 6.42. The van der Waals surface area contributed by atoms with Crippen LogP contribution in [0.2, 0.25) is 0 Å². The van der Waals surface area contributed by atoms with Crippen LogP contribution in [0.3, 0.4) is 0 Å². The Kier molecular flexibility index (Phi) is 4.08. The second kappa shape index (κ2) is 5.51. The molecule has 118 valence electrons. The van der Waals surface area contributed by atoms with Crippen molar-refractivity contribution < 1.29 is 27.6 Å². The zero-order valence-electron chi connectivity index (χ0n) is 11.0. The summed E-state index contributed by atoms with van der Waals surface area (Å²) < 4.78 is 36.0. The maximum Gasteiger partial charge on any atom is 0.405 e. The summed E-state index contributed by atoms with van der Waals surface area (Å²) in [5, 5.41) is 7.21. The molecule has 0 aromatic carbocycles. The van der Waals surface area contributed by atoms with Crippen LogP contribution in [0.25, 0.3) is 0 Å². The molecule has 0 atom stereocenters. The number of alkyl halides is 3. The van der Waals surface area contributed by atoms with Crippen molar-refractivity contribution in [2.75, 3.05) is 26.2 Å². The number of hydrogen-bond acceptors (Lipinski definition) is 4. The molecule has 10 heteroatoms. The lowest BCUT2D eigenvalue weighted by Crippen LogP contribution is -2.54. The Morgan fingerprint density at radius 2 is 1.90 bits per heavy atom. The van der Waals surface area contributed by atoms with Gasteiger partial charge in [-0.3, -0.25) is 14.5 Å². The van der Waals surface area contributed by atoms with Crippen LogP contribution in [-0.4, -0.2) is 60.6 Å². The summed E-state index contributed by atoms with van der Waals surface area (Å²) in [5.41, 5.74) is -1.04. The highest BCUT2D eigenvalue weighted by Crippen LogP contribution is 2.26. The molecule has 2 heterocycles. The first kappa shape index (κ1) is 15.5. The van der Waals surface area contributed by atoms with Crippen LogP contribution in [-0.2, 0) is 9.59 Å². The standard InChI is InChI=1S/C11H15F3N4O3/c12-11(13,14)6-16-7(19)5-18-8(20)10(17-9(18)21)1-3-15-4-2-10/h15H,1-6H2,(H,16,19)(H,17,21). The lowest BCUT2D eigenvalue weighted by Gasteiger charge is -2.31. The fourth-order valence-electron chi connectivity index (χ4n) is 2.41. The number of amides is 4. The third-order valence-corrected chi connectivity index (χ3v) is 3.49. The molecule has 2 aliphatic heterocycles. The van der Waals surface area contributed by atoms with Gasteiger partial charge >= 0.3 is 12.2 Å². The lowest BCUT2D eigenvalue weighted by molar-refractivity contribution is -0.141. The Morgan fingerprint density at radius 3 is 2.48 bits per heavy atom. The molecular formula is C11H15F3N4O3. The molecule has 0 unspecified atom stereocenters. The molecule has 1 spiro atoms. The zero-order valence-corrected chi connectivity index (χ0v) is 11.0. The fourth-order valence-corrected chi connectivity index (χ4v) is 2.41. The van der Waals surface area contributed by atoms with Gasteiger partial charge in [-0.25, -0.2) is 4.79 Å². The number of hydrogen-bond donors (Lipinski definition) is 3. The van der Waals surface area contributed by atoms with Crippen molar-refractivity contribution in [3.63, 3.8) is 0 Å². The average molecular weight is 308 g/mol. The van der Waals surface area contributed by atoms with Gasteiger partial charge in [0.05, 0.1) is 0 Å². The molecule has 0 aromatic heterocycles. The normalized spacial score (nSPS) is 21.6. The van der Waals surface area contributed by atoms with E-state index in [2.05, 4.69) is 10.6 Å². The van der Waals surface area contributed by atoms with Crippen molar-refractivity contribution in [3.05, 3.63) is 0 Å². The largest absolute Gasteiger partial charge is 0.405 e. The number of nitrogens with one attached hydrogen (secondary N) is 3. The molecule has 0 radical (unpaired) electrons. The maximum atomic E-state index is 12.2. The summed E-state index contributed by atoms with van der Waals surface area (Å²) in [6.45, 7) is -1.12. The van der Waals surface area contributed by atoms with Gasteiger partial charge in [0, 0.05) is 0 Å². The van der Waals surface area contributed by atoms with Crippen LogP contribution >= 0.6 is 0 Å². The molecule has 2 saturated heterocycles. The van der Waals surface area contributed by atoms with Gasteiger partial charge in [-0.1, -0.05) is 0 Å². The van der Waals surface area contributed by atoms with Gasteiger partial charge in [0.1, 0.15) is 18.6 Å². The van der Waals surface area contributed by atoms with Gasteiger partial charge in [0.15, 0.2) is 0 Å². The smallest absolute Gasteiger partial charge is 0.345 e. The highest BCUT2D eigenvalue weighted by atomic mass is 19.4. The van der Waals surface area contributed by atoms with Crippen molar-refractivity contribution in [2.24, 2.45) is 0 Å². The van der Waals surface area contributed by atoms with Crippen molar-refractivity contribution in [1.82, 2.24) is 20.9 Å². The topological polar surface area (TPSA) is 90.5 Å². The van der Waals surface area contributed by atoms with Gasteiger partial charge in [-0.15, -0.1) is 0 Å². The van der Waals surface area contributed by atoms with E-state index in [0.717, 1.165) is 0 Å². The third-order valence-electron chi connectivity index (χ3n) is 3.49. The number of rotatable bonds is 3. The van der Waals surface area contributed by atoms with E-state index < -0.39 is 42.7 Å². The second-order valence-corrected chi connectivity index (χ2v) is 5.05. The van der Waals surface area contributed by atoms with E-state index in [1.54, 1.807) is 5.32 Å². The van der Waals surface area contributed by atoms with E-state index in [-0.39, 0.29) is 0 Å². The minimum atomic E-state index is -4.54. The van der Waals surface area contributed by atoms with E-state index in [1.165, 1.54) is 0 Å². The van der Waals surface area contributed by atoms with Gasteiger partial charge in [0.25, 0.3) is 5.91 Å². The summed E-state index contributed by atoms with van der Waals surface area (Å²) in [5.74, 6) is -1.59. The summed E-state index contributed by atoms with van der Waals surface area (Å²) in [7, 11) is 0. The highest BCUT2D eigenvalue weighted by molar-refractivity contribution is 6.09. The molecule has 3 N–H and O–H groups in total. The quantitative estimate of drug-likeness (QED) is 0.604. The zero-order chi connectivity index (χ0) is 15.7. The number of halogens is 3. The Balaban J connectivity index is 1.96. The number of carbonyl (C=O) groups is 3. The van der Waals surface area contributed by atoms with Gasteiger partial charge in [-0.05, 0) is 25.9 Å². The second-order valence-electron chi connectivity index (χ2n) is 5.05. The number of piperidine rings is 1. The summed E-state index contributed by atoms with van der Waals surface area (Å²) in [6, 6.07) is -0.746. The Bertz CT molecular complexity index is 460. The van der Waals surface area contributed by atoms with Crippen LogP contribution in [0.4, 0.5) is 18.0 Å². The van der Waals surface area contributed by atoms with Crippen LogP contribution in [0.5, 0.6) is 0 Å². The molecule has 4 amide bonds. The number of carbonyl (C=O) groups excluding carboxylic acids is 3. The van der Waals surface area contributed by atoms with Crippen molar-refractivity contribution in [3.8, 4) is 0 Å². The molecule has 0 aliphatic carbocycles. The fraction of sp³-hybridized carbons (Fsp3) is 0.727. The number of urea groups is 1. The van der Waals surface area contributed by atoms with Crippen molar-refractivity contribution in [1.29, 1.82) is 0 Å². The Labute approximate surface area is 118 Å².